The molecule has 0 unspecified atom stereocenters. The van der Waals surface area contributed by atoms with Gasteiger partial charge in [-0.3, -0.25) is 0 Å². The molecule has 0 heterocycles. The van der Waals surface area contributed by atoms with Crippen LogP contribution in [-0.4, -0.2) is 34.2 Å². The normalized spacial score (nSPS) is 12.2. The topological polar surface area (TPSA) is 26.3 Å². The first-order chi connectivity index (χ1) is 12.6. The Bertz CT molecular complexity index is 515. The zero-order chi connectivity index (χ0) is 19.3. The van der Waals surface area contributed by atoms with E-state index in [-0.39, 0.29) is 5.97 Å². The van der Waals surface area contributed by atoms with Gasteiger partial charge in [-0.15, -0.1) is 0 Å². The molecule has 0 atom stereocenters. The molecule has 0 fully saturated rings. The number of ether oxygens (including phenoxy) is 1. The third-order valence-electron chi connectivity index (χ3n) is 5.04. The number of methoxy groups -OCH3 is 1. The fourth-order valence-corrected chi connectivity index (χ4v) is 8.20. The maximum absolute atomic E-state index is 12.4. The first kappa shape index (κ1) is 23.3. The number of unbranched alkanes of at least 4 members (excludes halogenated alkanes) is 3. The van der Waals surface area contributed by atoms with Gasteiger partial charge in [-0.1, -0.05) is 0 Å². The van der Waals surface area contributed by atoms with E-state index in [1.807, 2.05) is 30.3 Å². The van der Waals surface area contributed by atoms with Gasteiger partial charge in [0.2, 0.25) is 0 Å². The van der Waals surface area contributed by atoms with Crippen LogP contribution in [0.4, 0.5) is 0 Å². The van der Waals surface area contributed by atoms with Gasteiger partial charge in [0.1, 0.15) is 0 Å². The van der Waals surface area contributed by atoms with Crippen LogP contribution in [0, 0.1) is 0 Å². The van der Waals surface area contributed by atoms with Crippen molar-refractivity contribution in [3.63, 3.8) is 0 Å². The van der Waals surface area contributed by atoms with Gasteiger partial charge in [0, 0.05) is 0 Å². The van der Waals surface area contributed by atoms with E-state index in [0.29, 0.717) is 3.43 Å². The average Bonchev–Trinajstić information content (AvgIpc) is 2.69. The summed E-state index contributed by atoms with van der Waals surface area (Å²) in [6, 6.07) is 10.0. The number of hydrogen-bond acceptors (Lipinski definition) is 2. The molecule has 3 heteroatoms. The zero-order valence-electron chi connectivity index (χ0n) is 17.1. The number of hydrogen-bond donors (Lipinski definition) is 0. The third kappa shape index (κ3) is 7.85. The van der Waals surface area contributed by atoms with Crippen molar-refractivity contribution in [3.05, 3.63) is 40.0 Å². The summed E-state index contributed by atoms with van der Waals surface area (Å²) >= 11 is -0.888. The Hall–Kier alpha value is -0.771. The molecule has 1 aromatic carbocycles. The van der Waals surface area contributed by atoms with Crippen LogP contribution >= 0.6 is 0 Å². The molecule has 0 spiro atoms. The predicted molar refractivity (Wildman–Crippen MR) is 113 cm³/mol. The molecule has 0 saturated carbocycles. The van der Waals surface area contributed by atoms with Crippen molar-refractivity contribution >= 4 is 32.7 Å². The van der Waals surface area contributed by atoms with E-state index >= 15 is 0 Å². The van der Waals surface area contributed by atoms with Crippen LogP contribution in [0.15, 0.2) is 34.4 Å². The fourth-order valence-electron chi connectivity index (χ4n) is 3.35. The number of rotatable bonds is 13. The Morgan fingerprint density at radius 2 is 1.46 bits per heavy atom. The van der Waals surface area contributed by atoms with Gasteiger partial charge in [0.05, 0.1) is 0 Å². The van der Waals surface area contributed by atoms with E-state index in [1.165, 1.54) is 64.9 Å². The van der Waals surface area contributed by atoms with Crippen molar-refractivity contribution in [2.75, 3.05) is 7.11 Å². The average molecular weight is 463 g/mol. The molecule has 0 N–H and O–H groups in total. The van der Waals surface area contributed by atoms with E-state index in [0.717, 1.165) is 11.1 Å². The Kier molecular flexibility index (Phi) is 12.0. The Morgan fingerprint density at radius 1 is 0.962 bits per heavy atom. The molecule has 1 aromatic rings. The van der Waals surface area contributed by atoms with E-state index in [1.54, 1.807) is 0 Å². The quantitative estimate of drug-likeness (QED) is 0.186. The second-order valence-corrected chi connectivity index (χ2v) is 11.8. The summed E-state index contributed by atoms with van der Waals surface area (Å²) in [4.78, 5) is 12.4. The molecule has 2 radical (unpaired) electrons. The molecule has 0 aliphatic heterocycles. The second-order valence-electron chi connectivity index (χ2n) is 7.15. The predicted octanol–water partition coefficient (Wildman–Crippen LogP) is 6.63. The first-order valence-corrected chi connectivity index (χ1v) is 13.3. The minimum atomic E-state index is -0.888. The molecule has 1 rings (SSSR count). The Labute approximate surface area is 171 Å². The molecule has 2 nitrogen and oxygen atoms in total. The summed E-state index contributed by atoms with van der Waals surface area (Å²) in [6.07, 6.45) is 11.7. The van der Waals surface area contributed by atoms with Crippen molar-refractivity contribution < 1.29 is 9.53 Å². The monoisotopic (exact) mass is 464 g/mol. The van der Waals surface area contributed by atoms with Gasteiger partial charge in [0.15, 0.2) is 0 Å². The maximum atomic E-state index is 12.4. The standard InChI is InChI=1S/C13H27.C10H9O2.Sn/c1-4-7-10-13(11-8-5-2)12-9-6-3;1-8(10(11)12-2)9-6-4-3-5-7-9;/h4-12H2,1-3H3;1,3-7H,2H3;. The molecule has 0 bridgehead atoms. The van der Waals surface area contributed by atoms with E-state index < -0.39 is 21.1 Å². The zero-order valence-corrected chi connectivity index (χ0v) is 20.0. The number of benzene rings is 1. The van der Waals surface area contributed by atoms with Gasteiger partial charge in [-0.25, -0.2) is 0 Å². The number of carbonyl (C=O) groups is 1. The minimum absolute atomic E-state index is 0.188. The molecule has 0 amide bonds. The van der Waals surface area contributed by atoms with Crippen LogP contribution in [0.1, 0.15) is 84.1 Å². The summed E-state index contributed by atoms with van der Waals surface area (Å²) < 4.78 is 7.91. The van der Waals surface area contributed by atoms with Crippen LogP contribution < -0.4 is 0 Å². The van der Waals surface area contributed by atoms with Crippen molar-refractivity contribution in [1.82, 2.24) is 0 Å². The SMILES string of the molecule is CCCC[C](CCCC)(CCCC)[Sn][CH]=C(C(=O)OC)c1ccccc1. The third-order valence-corrected chi connectivity index (χ3v) is 10.2. The Balaban J connectivity index is 3.13. The molecule has 0 aliphatic carbocycles. The van der Waals surface area contributed by atoms with Crippen LogP contribution in [0.2, 0.25) is 3.43 Å². The molecular weight excluding hydrogens is 427 g/mol. The number of carbonyl (C=O) groups excluding carboxylic acids is 1. The molecular formula is C23H36O2Sn. The van der Waals surface area contributed by atoms with Crippen LogP contribution in [0.3, 0.4) is 0 Å². The van der Waals surface area contributed by atoms with Crippen LogP contribution in [0.25, 0.3) is 5.57 Å². The van der Waals surface area contributed by atoms with Crippen molar-refractivity contribution in [2.24, 2.45) is 0 Å². The van der Waals surface area contributed by atoms with E-state index in [9.17, 15) is 4.79 Å². The second kappa shape index (κ2) is 13.4. The van der Waals surface area contributed by atoms with Crippen molar-refractivity contribution in [2.45, 2.75) is 82.0 Å². The summed E-state index contributed by atoms with van der Waals surface area (Å²) in [5, 5.41) is 0. The molecule has 0 aromatic heterocycles. The molecule has 144 valence electrons. The summed E-state index contributed by atoms with van der Waals surface area (Å²) in [5.41, 5.74) is 1.78. The van der Waals surface area contributed by atoms with Gasteiger partial charge in [0.25, 0.3) is 0 Å². The van der Waals surface area contributed by atoms with Gasteiger partial charge in [-0.05, 0) is 0 Å². The van der Waals surface area contributed by atoms with Crippen LogP contribution in [-0.2, 0) is 9.53 Å². The molecule has 0 saturated heterocycles. The number of esters is 1. The van der Waals surface area contributed by atoms with Crippen LogP contribution in [0.5, 0.6) is 0 Å². The van der Waals surface area contributed by atoms with Crippen molar-refractivity contribution in [1.29, 1.82) is 0 Å². The summed E-state index contributed by atoms with van der Waals surface area (Å²) in [5.74, 6) is -0.188. The summed E-state index contributed by atoms with van der Waals surface area (Å²) in [6.45, 7) is 6.86. The molecule has 26 heavy (non-hydrogen) atoms. The van der Waals surface area contributed by atoms with Gasteiger partial charge < -0.3 is 0 Å². The van der Waals surface area contributed by atoms with Crippen molar-refractivity contribution in [3.8, 4) is 0 Å². The Morgan fingerprint density at radius 3 is 1.88 bits per heavy atom. The van der Waals surface area contributed by atoms with Gasteiger partial charge >= 0.3 is 171 Å². The van der Waals surface area contributed by atoms with E-state index in [4.69, 9.17) is 4.74 Å². The van der Waals surface area contributed by atoms with Gasteiger partial charge in [-0.2, -0.15) is 0 Å². The fraction of sp³-hybridized carbons (Fsp3) is 0.609. The van der Waals surface area contributed by atoms with E-state index in [2.05, 4.69) is 24.9 Å². The first-order valence-electron chi connectivity index (χ1n) is 10.2. The summed E-state index contributed by atoms with van der Waals surface area (Å²) in [7, 11) is 1.49. The molecule has 0 aliphatic rings.